The highest BCUT2D eigenvalue weighted by Gasteiger charge is 2.20. The predicted molar refractivity (Wildman–Crippen MR) is 116 cm³/mol. The molecule has 0 bridgehead atoms. The number of anilines is 1. The van der Waals surface area contributed by atoms with E-state index in [1.165, 1.54) is 30.0 Å². The van der Waals surface area contributed by atoms with Crippen molar-refractivity contribution in [2.75, 3.05) is 5.32 Å². The SMILES string of the molecule is CC(C)CCn1c(S[C@@H](C)C(=O)Nc2cccc(F)c2)nc2ccccc2c1=O. The Morgan fingerprint density at radius 1 is 1.17 bits per heavy atom. The van der Waals surface area contributed by atoms with Crippen molar-refractivity contribution in [3.63, 3.8) is 0 Å². The first-order valence-corrected chi connectivity index (χ1v) is 10.5. The summed E-state index contributed by atoms with van der Waals surface area (Å²) in [5.41, 5.74) is 0.904. The van der Waals surface area contributed by atoms with Gasteiger partial charge in [-0.2, -0.15) is 0 Å². The molecule has 0 aliphatic rings. The van der Waals surface area contributed by atoms with Crippen LogP contribution >= 0.6 is 11.8 Å². The van der Waals surface area contributed by atoms with Crippen LogP contribution in [-0.4, -0.2) is 20.7 Å². The van der Waals surface area contributed by atoms with Crippen molar-refractivity contribution in [2.45, 2.75) is 44.1 Å². The van der Waals surface area contributed by atoms with Crippen LogP contribution in [0.1, 0.15) is 27.2 Å². The summed E-state index contributed by atoms with van der Waals surface area (Å²) in [4.78, 5) is 30.2. The lowest BCUT2D eigenvalue weighted by Gasteiger charge is -2.17. The molecular weight excluding hydrogens is 389 g/mol. The van der Waals surface area contributed by atoms with Gasteiger partial charge >= 0.3 is 0 Å². The summed E-state index contributed by atoms with van der Waals surface area (Å²) in [6.45, 7) is 6.48. The van der Waals surface area contributed by atoms with Crippen molar-refractivity contribution in [3.05, 3.63) is 64.7 Å². The second-order valence-electron chi connectivity index (χ2n) is 7.31. The van der Waals surface area contributed by atoms with Crippen molar-refractivity contribution in [1.29, 1.82) is 0 Å². The minimum Gasteiger partial charge on any atom is -0.325 e. The summed E-state index contributed by atoms with van der Waals surface area (Å²) in [5, 5.41) is 3.27. The number of benzene rings is 2. The molecule has 0 saturated heterocycles. The zero-order valence-corrected chi connectivity index (χ0v) is 17.5. The summed E-state index contributed by atoms with van der Waals surface area (Å²) in [6, 6.07) is 13.0. The number of para-hydroxylation sites is 1. The second-order valence-corrected chi connectivity index (χ2v) is 8.62. The van der Waals surface area contributed by atoms with Crippen LogP contribution in [0, 0.1) is 11.7 Å². The van der Waals surface area contributed by atoms with Crippen LogP contribution < -0.4 is 10.9 Å². The molecule has 29 heavy (non-hydrogen) atoms. The maximum absolute atomic E-state index is 13.4. The fraction of sp³-hybridized carbons (Fsp3) is 0.318. The Kier molecular flexibility index (Phi) is 6.69. The lowest BCUT2D eigenvalue weighted by molar-refractivity contribution is -0.115. The molecule has 0 aliphatic carbocycles. The standard InChI is InChI=1S/C22H24FN3O2S/c1-14(2)11-12-26-21(28)18-9-4-5-10-19(18)25-22(26)29-15(3)20(27)24-17-8-6-7-16(23)13-17/h4-10,13-15H,11-12H2,1-3H3,(H,24,27)/t15-/m0/s1. The highest BCUT2D eigenvalue weighted by Crippen LogP contribution is 2.24. The minimum atomic E-state index is -0.517. The van der Waals surface area contributed by atoms with Gasteiger partial charge in [0.05, 0.1) is 16.2 Å². The number of rotatable bonds is 7. The Balaban J connectivity index is 1.87. The zero-order chi connectivity index (χ0) is 21.0. The largest absolute Gasteiger partial charge is 0.325 e. The molecule has 0 radical (unpaired) electrons. The zero-order valence-electron chi connectivity index (χ0n) is 16.7. The van der Waals surface area contributed by atoms with Gasteiger partial charge in [-0.1, -0.05) is 43.8 Å². The number of hydrogen-bond acceptors (Lipinski definition) is 4. The fourth-order valence-electron chi connectivity index (χ4n) is 2.84. The molecule has 1 heterocycles. The van der Waals surface area contributed by atoms with Crippen LogP contribution in [0.15, 0.2) is 58.5 Å². The van der Waals surface area contributed by atoms with Crippen LogP contribution in [0.4, 0.5) is 10.1 Å². The van der Waals surface area contributed by atoms with Gasteiger partial charge in [-0.05, 0) is 49.6 Å². The third kappa shape index (κ3) is 5.23. The van der Waals surface area contributed by atoms with Crippen molar-refractivity contribution >= 4 is 34.3 Å². The van der Waals surface area contributed by atoms with Gasteiger partial charge in [-0.15, -0.1) is 0 Å². The number of aromatic nitrogens is 2. The number of fused-ring (bicyclic) bond motifs is 1. The van der Waals surface area contributed by atoms with E-state index in [9.17, 15) is 14.0 Å². The molecule has 152 valence electrons. The van der Waals surface area contributed by atoms with Crippen LogP contribution in [0.5, 0.6) is 0 Å². The van der Waals surface area contributed by atoms with Crippen molar-refractivity contribution in [3.8, 4) is 0 Å². The summed E-state index contributed by atoms with van der Waals surface area (Å²) in [7, 11) is 0. The average Bonchev–Trinajstić information content (AvgIpc) is 2.67. The molecule has 1 aromatic heterocycles. The quantitative estimate of drug-likeness (QED) is 0.450. The van der Waals surface area contributed by atoms with E-state index < -0.39 is 11.1 Å². The normalized spacial score (nSPS) is 12.3. The smallest absolute Gasteiger partial charge is 0.262 e. The monoisotopic (exact) mass is 413 g/mol. The van der Waals surface area contributed by atoms with Gasteiger partial charge < -0.3 is 5.32 Å². The molecule has 0 spiro atoms. The molecule has 1 N–H and O–H groups in total. The Morgan fingerprint density at radius 3 is 2.66 bits per heavy atom. The summed E-state index contributed by atoms with van der Waals surface area (Å²) < 4.78 is 15.0. The molecule has 5 nitrogen and oxygen atoms in total. The summed E-state index contributed by atoms with van der Waals surface area (Å²) >= 11 is 1.23. The molecule has 3 aromatic rings. The molecule has 1 atom stereocenters. The van der Waals surface area contributed by atoms with E-state index in [2.05, 4.69) is 24.1 Å². The number of nitrogens with one attached hydrogen (secondary N) is 1. The van der Waals surface area contributed by atoms with Crippen molar-refractivity contribution < 1.29 is 9.18 Å². The van der Waals surface area contributed by atoms with Crippen LogP contribution in [0.25, 0.3) is 10.9 Å². The highest BCUT2D eigenvalue weighted by atomic mass is 32.2. The van der Waals surface area contributed by atoms with Crippen molar-refractivity contribution in [1.82, 2.24) is 9.55 Å². The lowest BCUT2D eigenvalue weighted by Crippen LogP contribution is -2.27. The molecule has 2 aromatic carbocycles. The number of hydrogen-bond donors (Lipinski definition) is 1. The molecule has 0 saturated carbocycles. The third-order valence-corrected chi connectivity index (χ3v) is 5.59. The summed E-state index contributed by atoms with van der Waals surface area (Å²) in [5.74, 6) is -0.264. The van der Waals surface area contributed by atoms with Gasteiger partial charge in [0.15, 0.2) is 5.16 Å². The number of carbonyl (C=O) groups excluding carboxylic acids is 1. The molecular formula is C22H24FN3O2S. The highest BCUT2D eigenvalue weighted by molar-refractivity contribution is 8.00. The van der Waals surface area contributed by atoms with Gasteiger partial charge in [0, 0.05) is 12.2 Å². The number of halogens is 1. The predicted octanol–water partition coefficient (Wildman–Crippen LogP) is 4.70. The fourth-order valence-corrected chi connectivity index (χ4v) is 3.78. The molecule has 3 rings (SSSR count). The maximum Gasteiger partial charge on any atom is 0.262 e. The molecule has 0 unspecified atom stereocenters. The lowest BCUT2D eigenvalue weighted by atomic mass is 10.1. The number of nitrogens with zero attached hydrogens (tertiary/aromatic N) is 2. The first kappa shape index (κ1) is 21.0. The first-order valence-electron chi connectivity index (χ1n) is 9.58. The number of thioether (sulfide) groups is 1. The van der Waals surface area contributed by atoms with E-state index in [1.54, 1.807) is 29.7 Å². The first-order chi connectivity index (χ1) is 13.8. The Labute approximate surface area is 173 Å². The van der Waals surface area contributed by atoms with Crippen LogP contribution in [-0.2, 0) is 11.3 Å². The van der Waals surface area contributed by atoms with Crippen LogP contribution in [0.2, 0.25) is 0 Å². The average molecular weight is 414 g/mol. The number of amides is 1. The van der Waals surface area contributed by atoms with E-state index in [0.717, 1.165) is 6.42 Å². The van der Waals surface area contributed by atoms with E-state index in [-0.39, 0.29) is 11.5 Å². The topological polar surface area (TPSA) is 64.0 Å². The Hall–Kier alpha value is -2.67. The van der Waals surface area contributed by atoms with Gasteiger partial charge in [0.1, 0.15) is 5.82 Å². The van der Waals surface area contributed by atoms with Gasteiger partial charge in [0.25, 0.3) is 5.56 Å². The van der Waals surface area contributed by atoms with Crippen molar-refractivity contribution in [2.24, 2.45) is 5.92 Å². The van der Waals surface area contributed by atoms with E-state index >= 15 is 0 Å². The van der Waals surface area contributed by atoms with E-state index in [1.807, 2.05) is 12.1 Å². The van der Waals surface area contributed by atoms with Gasteiger partial charge in [0.2, 0.25) is 5.91 Å². The van der Waals surface area contributed by atoms with Crippen LogP contribution in [0.3, 0.4) is 0 Å². The Bertz CT molecular complexity index is 1080. The Morgan fingerprint density at radius 2 is 1.93 bits per heavy atom. The second kappa shape index (κ2) is 9.22. The van der Waals surface area contributed by atoms with Gasteiger partial charge in [-0.25, -0.2) is 9.37 Å². The van der Waals surface area contributed by atoms with Gasteiger partial charge in [-0.3, -0.25) is 14.2 Å². The molecule has 1 amide bonds. The molecule has 0 aliphatic heterocycles. The van der Waals surface area contributed by atoms with E-state index in [4.69, 9.17) is 0 Å². The molecule has 7 heteroatoms. The molecule has 0 fully saturated rings. The minimum absolute atomic E-state index is 0.100. The maximum atomic E-state index is 13.4. The third-order valence-electron chi connectivity index (χ3n) is 4.50. The van der Waals surface area contributed by atoms with E-state index in [0.29, 0.717) is 34.2 Å². The summed E-state index contributed by atoms with van der Waals surface area (Å²) in [6.07, 6.45) is 0.831. The number of carbonyl (C=O) groups is 1.